The summed E-state index contributed by atoms with van der Waals surface area (Å²) in [6, 6.07) is 4.83. The van der Waals surface area contributed by atoms with Crippen LogP contribution >= 0.6 is 0 Å². The zero-order valence-electron chi connectivity index (χ0n) is 20.6. The molecule has 1 aromatic heterocycles. The summed E-state index contributed by atoms with van der Waals surface area (Å²) in [5.74, 6) is -2.40. The molecule has 0 bridgehead atoms. The first-order valence-electron chi connectivity index (χ1n) is 11.8. The predicted molar refractivity (Wildman–Crippen MR) is 130 cm³/mol. The largest absolute Gasteiger partial charge is 0.496 e. The maximum atomic E-state index is 13.2. The molecule has 1 fully saturated rings. The summed E-state index contributed by atoms with van der Waals surface area (Å²) in [7, 11) is 1.54. The average Bonchev–Trinajstić information content (AvgIpc) is 3.23. The molecule has 1 aliphatic rings. The van der Waals surface area contributed by atoms with E-state index in [1.807, 2.05) is 26.8 Å². The summed E-state index contributed by atoms with van der Waals surface area (Å²) >= 11 is 0. The molecule has 0 spiro atoms. The van der Waals surface area contributed by atoms with Gasteiger partial charge in [0.15, 0.2) is 0 Å². The highest BCUT2D eigenvalue weighted by atomic mass is 16.5. The van der Waals surface area contributed by atoms with Crippen molar-refractivity contribution in [3.63, 3.8) is 0 Å². The highest BCUT2D eigenvalue weighted by Gasteiger charge is 2.33. The molecule has 0 aliphatic carbocycles. The fraction of sp³-hybridized carbons (Fsp3) is 0.520. The Bertz CT molecular complexity index is 1100. The number of carboxylic acids is 1. The molecule has 3 amide bonds. The van der Waals surface area contributed by atoms with E-state index in [4.69, 9.17) is 4.74 Å². The van der Waals surface area contributed by atoms with Gasteiger partial charge in [-0.1, -0.05) is 26.8 Å². The van der Waals surface area contributed by atoms with Gasteiger partial charge in [0.2, 0.25) is 11.8 Å². The zero-order chi connectivity index (χ0) is 25.8. The molecular formula is C25H34N4O6. The fourth-order valence-electron chi connectivity index (χ4n) is 4.32. The first-order valence-corrected chi connectivity index (χ1v) is 11.8. The number of hydrogen-bond acceptors (Lipinski definition) is 5. The third-order valence-electron chi connectivity index (χ3n) is 6.06. The Morgan fingerprint density at radius 1 is 1.20 bits per heavy atom. The first-order chi connectivity index (χ1) is 16.5. The molecule has 3 rings (SSSR count). The average molecular weight is 487 g/mol. The van der Waals surface area contributed by atoms with Crippen molar-refractivity contribution in [1.82, 2.24) is 20.9 Å². The highest BCUT2D eigenvalue weighted by Crippen LogP contribution is 2.27. The Labute approximate surface area is 204 Å². The number of carboxylic acid groups (broad SMARTS) is 1. The number of aromatic nitrogens is 1. The number of benzene rings is 1. The minimum Gasteiger partial charge on any atom is -0.496 e. The van der Waals surface area contributed by atoms with Crippen LogP contribution in [0, 0.1) is 11.3 Å². The van der Waals surface area contributed by atoms with Gasteiger partial charge in [0.25, 0.3) is 5.91 Å². The number of fused-ring (bicyclic) bond motifs is 1. The molecule has 3 atom stereocenters. The van der Waals surface area contributed by atoms with E-state index in [1.165, 1.54) is 0 Å². The lowest BCUT2D eigenvalue weighted by Gasteiger charge is -2.29. The number of methoxy groups -OCH3 is 1. The van der Waals surface area contributed by atoms with Crippen LogP contribution in [0.3, 0.4) is 0 Å². The molecule has 35 heavy (non-hydrogen) atoms. The van der Waals surface area contributed by atoms with E-state index in [1.54, 1.807) is 25.3 Å². The Morgan fingerprint density at radius 3 is 2.57 bits per heavy atom. The second-order valence-corrected chi connectivity index (χ2v) is 10.2. The number of nitrogens with one attached hydrogen (secondary N) is 4. The number of hydrogen-bond donors (Lipinski definition) is 5. The number of aliphatic carboxylic acids is 1. The molecule has 1 aliphatic heterocycles. The minimum absolute atomic E-state index is 0.00902. The van der Waals surface area contributed by atoms with Crippen molar-refractivity contribution in [2.45, 2.75) is 58.5 Å². The Hall–Kier alpha value is -3.56. The Balaban J connectivity index is 1.77. The van der Waals surface area contributed by atoms with E-state index in [0.29, 0.717) is 24.2 Å². The third-order valence-corrected chi connectivity index (χ3v) is 6.06. The van der Waals surface area contributed by atoms with Gasteiger partial charge in [-0.05, 0) is 49.3 Å². The van der Waals surface area contributed by atoms with Gasteiger partial charge in [0.1, 0.15) is 23.5 Å². The van der Waals surface area contributed by atoms with E-state index in [9.17, 15) is 24.3 Å². The third kappa shape index (κ3) is 6.74. The SMILES string of the molecule is COc1cccc2[nH]c(C(=O)N[C@@H](CC(C)(C)C)C(=O)N[C@@H](C[C@@H]3CCCNC3=O)C(=O)O)cc12. The predicted octanol–water partition coefficient (Wildman–Crippen LogP) is 2.20. The quantitative estimate of drug-likeness (QED) is 0.367. The van der Waals surface area contributed by atoms with Crippen molar-refractivity contribution < 1.29 is 29.0 Å². The standard InChI is InChI=1S/C25H34N4O6/c1-25(2,3)13-19(23(32)28-18(24(33)34)11-14-7-6-10-26-21(14)30)29-22(31)17-12-15-16(27-17)8-5-9-20(15)35-4/h5,8-9,12,14,18-19,27H,6-7,10-11,13H2,1-4H3,(H,26,30)(H,28,32)(H,29,31)(H,33,34)/t14-,18-,19-/m0/s1. The number of H-pyrrole nitrogens is 1. The number of ether oxygens (including phenoxy) is 1. The molecule has 1 saturated heterocycles. The molecule has 10 nitrogen and oxygen atoms in total. The monoisotopic (exact) mass is 486 g/mol. The molecule has 5 N–H and O–H groups in total. The van der Waals surface area contributed by atoms with Crippen LogP contribution in [0.25, 0.3) is 10.9 Å². The van der Waals surface area contributed by atoms with Crippen LogP contribution in [0.4, 0.5) is 0 Å². The van der Waals surface area contributed by atoms with Crippen molar-refractivity contribution in [3.05, 3.63) is 30.0 Å². The van der Waals surface area contributed by atoms with Gasteiger partial charge >= 0.3 is 5.97 Å². The van der Waals surface area contributed by atoms with Gasteiger partial charge in [-0.25, -0.2) is 4.79 Å². The number of amides is 3. The summed E-state index contributed by atoms with van der Waals surface area (Å²) in [5, 5.41) is 18.5. The van der Waals surface area contributed by atoms with Crippen molar-refractivity contribution in [2.24, 2.45) is 11.3 Å². The lowest BCUT2D eigenvalue weighted by atomic mass is 9.87. The van der Waals surface area contributed by atoms with Crippen LogP contribution in [0.1, 0.15) is 56.9 Å². The maximum Gasteiger partial charge on any atom is 0.326 e. The van der Waals surface area contributed by atoms with E-state index in [-0.39, 0.29) is 29.9 Å². The zero-order valence-corrected chi connectivity index (χ0v) is 20.6. The van der Waals surface area contributed by atoms with E-state index in [2.05, 4.69) is 20.9 Å². The van der Waals surface area contributed by atoms with Crippen molar-refractivity contribution in [1.29, 1.82) is 0 Å². The fourth-order valence-corrected chi connectivity index (χ4v) is 4.32. The number of piperidine rings is 1. The van der Waals surface area contributed by atoms with E-state index < -0.39 is 35.8 Å². The lowest BCUT2D eigenvalue weighted by Crippen LogP contribution is -2.53. The lowest BCUT2D eigenvalue weighted by molar-refractivity contribution is -0.143. The summed E-state index contributed by atoms with van der Waals surface area (Å²) in [4.78, 5) is 53.2. The summed E-state index contributed by atoms with van der Waals surface area (Å²) in [6.45, 7) is 6.34. The molecule has 2 aromatic rings. The molecule has 190 valence electrons. The first kappa shape index (κ1) is 26.1. The van der Waals surface area contributed by atoms with Crippen LogP contribution in [0.5, 0.6) is 5.75 Å². The smallest absolute Gasteiger partial charge is 0.326 e. The molecule has 0 unspecified atom stereocenters. The maximum absolute atomic E-state index is 13.2. The van der Waals surface area contributed by atoms with Crippen molar-refractivity contribution in [2.75, 3.05) is 13.7 Å². The summed E-state index contributed by atoms with van der Waals surface area (Å²) < 4.78 is 5.34. The number of aromatic amines is 1. The number of carbonyl (C=O) groups excluding carboxylic acids is 3. The number of rotatable bonds is 9. The summed E-state index contributed by atoms with van der Waals surface area (Å²) in [5.41, 5.74) is 0.633. The van der Waals surface area contributed by atoms with E-state index >= 15 is 0 Å². The van der Waals surface area contributed by atoms with Gasteiger partial charge < -0.3 is 30.8 Å². The normalized spacial score (nSPS) is 17.8. The molecule has 0 saturated carbocycles. The van der Waals surface area contributed by atoms with Gasteiger partial charge in [0.05, 0.1) is 7.11 Å². The van der Waals surface area contributed by atoms with Crippen molar-refractivity contribution in [3.8, 4) is 5.75 Å². The molecule has 0 radical (unpaired) electrons. The van der Waals surface area contributed by atoms with Gasteiger partial charge in [-0.2, -0.15) is 0 Å². The molecule has 2 heterocycles. The number of carbonyl (C=O) groups is 4. The van der Waals surface area contributed by atoms with Gasteiger partial charge in [-0.3, -0.25) is 14.4 Å². The van der Waals surface area contributed by atoms with Crippen LogP contribution in [-0.2, 0) is 14.4 Å². The Kier molecular flexibility index (Phi) is 8.03. The van der Waals surface area contributed by atoms with Gasteiger partial charge in [0, 0.05) is 23.4 Å². The second-order valence-electron chi connectivity index (χ2n) is 10.2. The van der Waals surface area contributed by atoms with Crippen molar-refractivity contribution >= 4 is 34.6 Å². The van der Waals surface area contributed by atoms with E-state index in [0.717, 1.165) is 11.8 Å². The second kappa shape index (κ2) is 10.8. The molecule has 10 heteroatoms. The van der Waals surface area contributed by atoms with Crippen LogP contribution in [0.2, 0.25) is 0 Å². The molecule has 1 aromatic carbocycles. The van der Waals surface area contributed by atoms with Crippen LogP contribution in [0.15, 0.2) is 24.3 Å². The molecular weight excluding hydrogens is 452 g/mol. The van der Waals surface area contributed by atoms with Crippen LogP contribution < -0.4 is 20.7 Å². The van der Waals surface area contributed by atoms with Gasteiger partial charge in [-0.15, -0.1) is 0 Å². The van der Waals surface area contributed by atoms with Crippen LogP contribution in [-0.4, -0.2) is 59.5 Å². The minimum atomic E-state index is -1.24. The Morgan fingerprint density at radius 2 is 1.94 bits per heavy atom. The summed E-state index contributed by atoms with van der Waals surface area (Å²) in [6.07, 6.45) is 1.60. The highest BCUT2D eigenvalue weighted by molar-refractivity contribution is 6.01. The topological polar surface area (TPSA) is 150 Å².